The minimum Gasteiger partial charge on any atom is -0.321 e. The summed E-state index contributed by atoms with van der Waals surface area (Å²) in [6, 6.07) is 17.9. The second-order valence-electron chi connectivity index (χ2n) is 11.6. The van der Waals surface area contributed by atoms with Gasteiger partial charge in [-0.25, -0.2) is 4.79 Å². The van der Waals surface area contributed by atoms with E-state index in [0.717, 1.165) is 25.1 Å². The maximum absolute atomic E-state index is 14.0. The van der Waals surface area contributed by atoms with Crippen molar-refractivity contribution in [3.8, 4) is 0 Å². The molecular formula is C32H46N2O. The highest BCUT2D eigenvalue weighted by atomic mass is 16.2. The Bertz CT molecular complexity index is 911. The lowest BCUT2D eigenvalue weighted by molar-refractivity contribution is 0.139. The maximum Gasteiger partial charge on any atom is 0.322 e. The van der Waals surface area contributed by atoms with Gasteiger partial charge in [-0.15, -0.1) is 0 Å². The quantitative estimate of drug-likeness (QED) is 0.426. The lowest BCUT2D eigenvalue weighted by Gasteiger charge is -2.40. The van der Waals surface area contributed by atoms with Crippen LogP contribution in [0.4, 0.5) is 10.5 Å². The maximum atomic E-state index is 14.0. The van der Waals surface area contributed by atoms with E-state index in [4.69, 9.17) is 0 Å². The molecule has 35 heavy (non-hydrogen) atoms. The molecule has 190 valence electrons. The van der Waals surface area contributed by atoms with Crippen LogP contribution in [-0.2, 0) is 0 Å². The van der Waals surface area contributed by atoms with Crippen molar-refractivity contribution in [2.24, 2.45) is 5.92 Å². The Kier molecular flexibility index (Phi) is 8.92. The molecule has 3 nitrogen and oxygen atoms in total. The van der Waals surface area contributed by atoms with Crippen LogP contribution in [0.5, 0.6) is 0 Å². The molecule has 0 aromatic heterocycles. The summed E-state index contributed by atoms with van der Waals surface area (Å²) in [5, 5.41) is 3.46. The van der Waals surface area contributed by atoms with Crippen molar-refractivity contribution in [1.29, 1.82) is 0 Å². The van der Waals surface area contributed by atoms with Gasteiger partial charge in [0.25, 0.3) is 0 Å². The molecule has 1 N–H and O–H groups in total. The fourth-order valence-corrected chi connectivity index (χ4v) is 6.37. The third-order valence-corrected chi connectivity index (χ3v) is 8.45. The van der Waals surface area contributed by atoms with Crippen LogP contribution in [0.3, 0.4) is 0 Å². The van der Waals surface area contributed by atoms with Crippen molar-refractivity contribution in [2.45, 2.75) is 109 Å². The number of carbonyl (C=O) groups is 1. The third kappa shape index (κ3) is 6.48. The van der Waals surface area contributed by atoms with Crippen LogP contribution >= 0.6 is 0 Å². The van der Waals surface area contributed by atoms with E-state index in [0.29, 0.717) is 29.7 Å². The number of hydrogen-bond acceptors (Lipinski definition) is 1. The Morgan fingerprint density at radius 1 is 0.800 bits per heavy atom. The molecule has 2 fully saturated rings. The number of nitrogens with zero attached hydrogens (tertiary/aromatic N) is 1. The van der Waals surface area contributed by atoms with E-state index in [1.54, 1.807) is 0 Å². The summed E-state index contributed by atoms with van der Waals surface area (Å²) in [6.45, 7) is 9.80. The zero-order valence-electron chi connectivity index (χ0n) is 22.4. The molecule has 0 heterocycles. The van der Waals surface area contributed by atoms with Crippen LogP contribution < -0.4 is 5.32 Å². The highest BCUT2D eigenvalue weighted by Crippen LogP contribution is 2.37. The van der Waals surface area contributed by atoms with Gasteiger partial charge in [-0.2, -0.15) is 0 Å². The zero-order chi connectivity index (χ0) is 24.8. The van der Waals surface area contributed by atoms with Crippen LogP contribution in [0.1, 0.15) is 120 Å². The normalized spacial score (nSPS) is 21.3. The number of carbonyl (C=O) groups excluding carboxylic acids is 1. The summed E-state index contributed by atoms with van der Waals surface area (Å²) in [6.07, 6.45) is 11.1. The van der Waals surface area contributed by atoms with Crippen LogP contribution in [0.25, 0.3) is 0 Å². The summed E-state index contributed by atoms with van der Waals surface area (Å²) < 4.78 is 0. The Balaban J connectivity index is 1.54. The van der Waals surface area contributed by atoms with Crippen molar-refractivity contribution in [3.63, 3.8) is 0 Å². The first-order valence-corrected chi connectivity index (χ1v) is 14.2. The fourth-order valence-electron chi connectivity index (χ4n) is 6.37. The Labute approximate surface area is 213 Å². The number of benzene rings is 2. The topological polar surface area (TPSA) is 32.3 Å². The second kappa shape index (κ2) is 12.1. The highest BCUT2D eigenvalue weighted by Gasteiger charge is 2.32. The molecule has 2 aromatic carbocycles. The molecule has 3 heteroatoms. The summed E-state index contributed by atoms with van der Waals surface area (Å²) in [5.74, 6) is 2.02. The molecule has 2 saturated carbocycles. The SMILES string of the molecule is CC(C)c1cccc(C(C)C)c1NC(=O)N(CC1CCCCC1)C1CCC(c2ccccc2)CC1. The molecule has 0 saturated heterocycles. The molecule has 0 bridgehead atoms. The molecule has 0 aliphatic heterocycles. The number of rotatable bonds is 7. The number of anilines is 1. The van der Waals surface area contributed by atoms with Crippen molar-refractivity contribution < 1.29 is 4.79 Å². The van der Waals surface area contributed by atoms with E-state index >= 15 is 0 Å². The van der Waals surface area contributed by atoms with Gasteiger partial charge in [-0.1, -0.05) is 95.5 Å². The highest BCUT2D eigenvalue weighted by molar-refractivity contribution is 5.91. The van der Waals surface area contributed by atoms with E-state index in [2.05, 4.69) is 86.4 Å². The molecule has 2 amide bonds. The van der Waals surface area contributed by atoms with Gasteiger partial charge in [0.15, 0.2) is 0 Å². The molecule has 0 atom stereocenters. The molecule has 0 spiro atoms. The van der Waals surface area contributed by atoms with E-state index in [1.807, 2.05) is 0 Å². The van der Waals surface area contributed by atoms with Crippen molar-refractivity contribution in [1.82, 2.24) is 4.90 Å². The van der Waals surface area contributed by atoms with Gasteiger partial charge in [0.05, 0.1) is 0 Å². The van der Waals surface area contributed by atoms with Gasteiger partial charge in [0.1, 0.15) is 0 Å². The standard InChI is InChI=1S/C32H46N2O/c1-23(2)29-16-11-17-30(24(3)4)31(29)33-32(35)34(22-25-12-7-5-8-13-25)28-20-18-27(19-21-28)26-14-9-6-10-15-26/h6,9-11,14-17,23-25,27-28H,5,7-8,12-13,18-22H2,1-4H3,(H,33,35). The molecular weight excluding hydrogens is 428 g/mol. The summed E-state index contributed by atoms with van der Waals surface area (Å²) >= 11 is 0. The van der Waals surface area contributed by atoms with Crippen LogP contribution in [0.2, 0.25) is 0 Å². The van der Waals surface area contributed by atoms with Gasteiger partial charge in [-0.3, -0.25) is 0 Å². The van der Waals surface area contributed by atoms with E-state index < -0.39 is 0 Å². The summed E-state index contributed by atoms with van der Waals surface area (Å²) in [7, 11) is 0. The Hall–Kier alpha value is -2.29. The number of amides is 2. The molecule has 2 aliphatic carbocycles. The van der Waals surface area contributed by atoms with Gasteiger partial charge in [-0.05, 0) is 78.9 Å². The van der Waals surface area contributed by atoms with E-state index in [-0.39, 0.29) is 6.03 Å². The second-order valence-corrected chi connectivity index (χ2v) is 11.6. The van der Waals surface area contributed by atoms with Crippen molar-refractivity contribution in [3.05, 3.63) is 65.2 Å². The number of para-hydroxylation sites is 1. The molecule has 0 radical (unpaired) electrons. The third-order valence-electron chi connectivity index (χ3n) is 8.45. The molecule has 4 rings (SSSR count). The number of hydrogen-bond donors (Lipinski definition) is 1. The number of urea groups is 1. The predicted molar refractivity (Wildman–Crippen MR) is 148 cm³/mol. The average Bonchev–Trinajstić information content (AvgIpc) is 2.88. The molecule has 2 aromatic rings. The van der Waals surface area contributed by atoms with Gasteiger partial charge < -0.3 is 10.2 Å². The zero-order valence-corrected chi connectivity index (χ0v) is 22.4. The van der Waals surface area contributed by atoms with Crippen LogP contribution in [-0.4, -0.2) is 23.5 Å². The largest absolute Gasteiger partial charge is 0.322 e. The van der Waals surface area contributed by atoms with Gasteiger partial charge in [0.2, 0.25) is 0 Å². The monoisotopic (exact) mass is 474 g/mol. The Morgan fingerprint density at radius 3 is 1.97 bits per heavy atom. The fraction of sp³-hybridized carbons (Fsp3) is 0.594. The van der Waals surface area contributed by atoms with Gasteiger partial charge in [0, 0.05) is 18.3 Å². The number of nitrogens with one attached hydrogen (secondary N) is 1. The first-order valence-electron chi connectivity index (χ1n) is 14.2. The first kappa shape index (κ1) is 25.8. The van der Waals surface area contributed by atoms with Crippen molar-refractivity contribution >= 4 is 11.7 Å². The summed E-state index contributed by atoms with van der Waals surface area (Å²) in [5.41, 5.74) is 5.00. The van der Waals surface area contributed by atoms with E-state index in [1.165, 1.54) is 61.6 Å². The van der Waals surface area contributed by atoms with Gasteiger partial charge >= 0.3 is 6.03 Å². The summed E-state index contributed by atoms with van der Waals surface area (Å²) in [4.78, 5) is 16.2. The Morgan fingerprint density at radius 2 is 1.40 bits per heavy atom. The molecule has 0 unspecified atom stereocenters. The minimum absolute atomic E-state index is 0.119. The van der Waals surface area contributed by atoms with Crippen molar-refractivity contribution in [2.75, 3.05) is 11.9 Å². The average molecular weight is 475 g/mol. The first-order chi connectivity index (χ1) is 16.9. The van der Waals surface area contributed by atoms with Crippen LogP contribution in [0, 0.1) is 5.92 Å². The smallest absolute Gasteiger partial charge is 0.321 e. The lowest BCUT2D eigenvalue weighted by Crippen LogP contribution is -2.47. The molecule has 2 aliphatic rings. The predicted octanol–water partition coefficient (Wildman–Crippen LogP) is 9.07. The van der Waals surface area contributed by atoms with E-state index in [9.17, 15) is 4.79 Å². The van der Waals surface area contributed by atoms with Crippen LogP contribution in [0.15, 0.2) is 48.5 Å². The minimum atomic E-state index is 0.119. The lowest BCUT2D eigenvalue weighted by atomic mass is 9.80.